The van der Waals surface area contributed by atoms with Crippen LogP contribution in [0.2, 0.25) is 5.02 Å². The van der Waals surface area contributed by atoms with Crippen LogP contribution in [0.5, 0.6) is 5.88 Å². The van der Waals surface area contributed by atoms with Crippen molar-refractivity contribution in [1.82, 2.24) is 10.3 Å². The van der Waals surface area contributed by atoms with Crippen molar-refractivity contribution < 1.29 is 22.7 Å². The Hall–Kier alpha value is -2.61. The third-order valence-corrected chi connectivity index (χ3v) is 3.01. The normalized spacial score (nSPS) is 11.0. The van der Waals surface area contributed by atoms with Crippen LogP contribution in [0.25, 0.3) is 0 Å². The summed E-state index contributed by atoms with van der Waals surface area (Å²) in [5, 5.41) is 10.7. The molecule has 0 bridgehead atoms. The lowest BCUT2D eigenvalue weighted by Gasteiger charge is -2.09. The Balaban J connectivity index is 1.97. The van der Waals surface area contributed by atoms with Crippen LogP contribution < -0.4 is 10.1 Å². The van der Waals surface area contributed by atoms with Gasteiger partial charge in [-0.25, -0.2) is 4.98 Å². The van der Waals surface area contributed by atoms with Crippen molar-refractivity contribution in [2.45, 2.75) is 6.18 Å². The maximum Gasteiger partial charge on any atom is 0.422 e. The molecule has 5 nitrogen and oxygen atoms in total. The van der Waals surface area contributed by atoms with Crippen LogP contribution >= 0.6 is 11.6 Å². The average Bonchev–Trinajstić information content (AvgIpc) is 2.53. The molecular formula is C15H11ClF3N3O2. The van der Waals surface area contributed by atoms with Gasteiger partial charge in [0, 0.05) is 22.8 Å². The highest BCUT2D eigenvalue weighted by Gasteiger charge is 2.28. The molecule has 1 aromatic carbocycles. The van der Waals surface area contributed by atoms with Crippen molar-refractivity contribution in [2.24, 2.45) is 0 Å². The van der Waals surface area contributed by atoms with Crippen molar-refractivity contribution in [3.63, 3.8) is 0 Å². The highest BCUT2D eigenvalue weighted by molar-refractivity contribution is 6.30. The van der Waals surface area contributed by atoms with Gasteiger partial charge in [-0.15, -0.1) is 0 Å². The summed E-state index contributed by atoms with van der Waals surface area (Å²) >= 11 is 5.74. The fourth-order valence-corrected chi connectivity index (χ4v) is 1.76. The van der Waals surface area contributed by atoms with Crippen LogP contribution in [0.4, 0.5) is 13.2 Å². The predicted molar refractivity (Wildman–Crippen MR) is 81.5 cm³/mol. The van der Waals surface area contributed by atoms with E-state index in [1.165, 1.54) is 6.07 Å². The molecule has 1 amide bonds. The maximum atomic E-state index is 12.0. The monoisotopic (exact) mass is 357 g/mol. The number of carbonyl (C=O) groups is 1. The third kappa shape index (κ3) is 5.24. The fourth-order valence-electron chi connectivity index (χ4n) is 1.63. The Kier molecular flexibility index (Phi) is 5.40. The van der Waals surface area contributed by atoms with Gasteiger partial charge in [0.05, 0.1) is 5.56 Å². The summed E-state index contributed by atoms with van der Waals surface area (Å²) in [6.07, 6.45) is -3.40. The molecule has 0 spiro atoms. The van der Waals surface area contributed by atoms with Gasteiger partial charge in [-0.2, -0.15) is 13.2 Å². The lowest BCUT2D eigenvalue weighted by molar-refractivity contribution is -0.154. The van der Waals surface area contributed by atoms with Crippen molar-refractivity contribution in [1.29, 1.82) is 5.41 Å². The Morgan fingerprint density at radius 1 is 1.17 bits per heavy atom. The molecule has 0 unspecified atom stereocenters. The Morgan fingerprint density at radius 3 is 2.33 bits per heavy atom. The van der Waals surface area contributed by atoms with Crippen molar-refractivity contribution >= 4 is 23.3 Å². The SMILES string of the molecule is N=C(NC(=O)c1ccc(OCC(F)(F)F)nc1)c1ccc(Cl)cc1. The highest BCUT2D eigenvalue weighted by atomic mass is 35.5. The first-order valence-corrected chi connectivity index (χ1v) is 6.94. The minimum Gasteiger partial charge on any atom is -0.468 e. The van der Waals surface area contributed by atoms with E-state index in [1.807, 2.05) is 0 Å². The molecular weight excluding hydrogens is 347 g/mol. The van der Waals surface area contributed by atoms with Crippen LogP contribution in [0.15, 0.2) is 42.6 Å². The number of halogens is 4. The van der Waals surface area contributed by atoms with E-state index >= 15 is 0 Å². The van der Waals surface area contributed by atoms with Crippen LogP contribution in [0, 0.1) is 5.41 Å². The molecule has 0 saturated heterocycles. The topological polar surface area (TPSA) is 75.1 Å². The molecule has 1 heterocycles. The van der Waals surface area contributed by atoms with Crippen molar-refractivity contribution in [3.8, 4) is 5.88 Å². The number of hydrogen-bond acceptors (Lipinski definition) is 4. The minimum atomic E-state index is -4.47. The van der Waals surface area contributed by atoms with Crippen molar-refractivity contribution in [2.75, 3.05) is 6.61 Å². The summed E-state index contributed by atoms with van der Waals surface area (Å²) in [4.78, 5) is 15.6. The van der Waals surface area contributed by atoms with Crippen LogP contribution in [-0.4, -0.2) is 29.5 Å². The van der Waals surface area contributed by atoms with Gasteiger partial charge in [-0.3, -0.25) is 10.2 Å². The van der Waals surface area contributed by atoms with E-state index in [2.05, 4.69) is 15.0 Å². The van der Waals surface area contributed by atoms with Gasteiger partial charge in [0.2, 0.25) is 5.88 Å². The molecule has 0 saturated carbocycles. The van der Waals surface area contributed by atoms with Crippen LogP contribution in [0.1, 0.15) is 15.9 Å². The number of amides is 1. The molecule has 0 fully saturated rings. The zero-order valence-electron chi connectivity index (χ0n) is 12.0. The lowest BCUT2D eigenvalue weighted by atomic mass is 10.2. The smallest absolute Gasteiger partial charge is 0.422 e. The summed E-state index contributed by atoms with van der Waals surface area (Å²) in [6.45, 7) is -1.47. The number of benzene rings is 1. The van der Waals surface area contributed by atoms with Gasteiger partial charge < -0.3 is 10.1 Å². The van der Waals surface area contributed by atoms with Gasteiger partial charge >= 0.3 is 6.18 Å². The van der Waals surface area contributed by atoms with E-state index in [0.29, 0.717) is 10.6 Å². The summed E-state index contributed by atoms with van der Waals surface area (Å²) in [5.41, 5.74) is 0.527. The van der Waals surface area contributed by atoms with Gasteiger partial charge in [0.15, 0.2) is 6.61 Å². The van der Waals surface area contributed by atoms with Gasteiger partial charge in [0.1, 0.15) is 5.84 Å². The van der Waals surface area contributed by atoms with Crippen molar-refractivity contribution in [3.05, 3.63) is 58.7 Å². The van der Waals surface area contributed by atoms with Gasteiger partial charge in [-0.1, -0.05) is 11.6 Å². The second-order valence-electron chi connectivity index (χ2n) is 4.62. The van der Waals surface area contributed by atoms with E-state index in [-0.39, 0.29) is 17.3 Å². The van der Waals surface area contributed by atoms with E-state index in [9.17, 15) is 18.0 Å². The standard InChI is InChI=1S/C15H11ClF3N3O2/c16-11-4-1-9(2-5-11)13(20)22-14(23)10-3-6-12(21-7-10)24-8-15(17,18)19/h1-7H,8H2,(H2,20,22,23). The first-order valence-electron chi connectivity index (χ1n) is 6.56. The molecule has 2 aromatic rings. The fraction of sp³-hybridized carbons (Fsp3) is 0.133. The molecule has 1 aromatic heterocycles. The average molecular weight is 358 g/mol. The number of alkyl halides is 3. The predicted octanol–water partition coefficient (Wildman–Crippen LogP) is 3.43. The van der Waals surface area contributed by atoms with Crippen LogP contribution in [-0.2, 0) is 0 Å². The van der Waals surface area contributed by atoms with Crippen LogP contribution in [0.3, 0.4) is 0 Å². The highest BCUT2D eigenvalue weighted by Crippen LogP contribution is 2.17. The Labute approximate surface area is 139 Å². The Morgan fingerprint density at radius 2 is 1.79 bits per heavy atom. The van der Waals surface area contributed by atoms with E-state index in [1.54, 1.807) is 24.3 Å². The number of aromatic nitrogens is 1. The first kappa shape index (κ1) is 17.7. The third-order valence-electron chi connectivity index (χ3n) is 2.75. The number of hydrogen-bond donors (Lipinski definition) is 2. The first-order chi connectivity index (χ1) is 11.2. The number of carbonyl (C=O) groups excluding carboxylic acids is 1. The van der Waals surface area contributed by atoms with Gasteiger partial charge in [-0.05, 0) is 30.3 Å². The molecule has 0 aliphatic heterocycles. The number of ether oxygens (including phenoxy) is 1. The lowest BCUT2D eigenvalue weighted by Crippen LogP contribution is -2.30. The maximum absolute atomic E-state index is 12.0. The molecule has 0 atom stereocenters. The number of pyridine rings is 1. The number of nitrogens with one attached hydrogen (secondary N) is 2. The zero-order valence-corrected chi connectivity index (χ0v) is 12.8. The second kappa shape index (κ2) is 7.31. The van der Waals surface area contributed by atoms with E-state index < -0.39 is 18.7 Å². The summed E-state index contributed by atoms with van der Waals surface area (Å²) in [5.74, 6) is -1.02. The molecule has 24 heavy (non-hydrogen) atoms. The summed E-state index contributed by atoms with van der Waals surface area (Å²) in [6, 6.07) is 8.68. The Bertz CT molecular complexity index is 731. The molecule has 0 aliphatic rings. The summed E-state index contributed by atoms with van der Waals surface area (Å²) < 4.78 is 40.5. The minimum absolute atomic E-state index is 0.0769. The largest absolute Gasteiger partial charge is 0.468 e. The van der Waals surface area contributed by atoms with Gasteiger partial charge in [0.25, 0.3) is 5.91 Å². The quantitative estimate of drug-likeness (QED) is 0.650. The van der Waals surface area contributed by atoms with E-state index in [0.717, 1.165) is 12.3 Å². The number of amidine groups is 1. The molecule has 2 rings (SSSR count). The number of rotatable bonds is 4. The molecule has 0 aliphatic carbocycles. The summed E-state index contributed by atoms with van der Waals surface area (Å²) in [7, 11) is 0. The molecule has 9 heteroatoms. The number of nitrogens with zero attached hydrogens (tertiary/aromatic N) is 1. The second-order valence-corrected chi connectivity index (χ2v) is 5.06. The molecule has 2 N–H and O–H groups in total. The zero-order chi connectivity index (χ0) is 17.7. The van der Waals surface area contributed by atoms with E-state index in [4.69, 9.17) is 17.0 Å². The molecule has 0 radical (unpaired) electrons. The molecule has 126 valence electrons.